The molecule has 11 heteroatoms. The van der Waals surface area contributed by atoms with Crippen molar-refractivity contribution in [3.63, 3.8) is 0 Å². The third-order valence-corrected chi connectivity index (χ3v) is 2.59. The number of hydrogen-bond donors (Lipinski definition) is 2. The SMILES string of the molecule is Nc1nnc(-c2cc(C(F)(F)F)cc(C(F)(F)F)c2)c(N)n1. The Balaban J connectivity index is 2.70. The van der Waals surface area contributed by atoms with E-state index in [1.165, 1.54) is 0 Å². The Bertz CT molecular complexity index is 677. The number of nitrogens with two attached hydrogens (primary N) is 2. The number of hydrogen-bond acceptors (Lipinski definition) is 5. The predicted octanol–water partition coefficient (Wildman–Crippen LogP) is 2.74. The smallest absolute Gasteiger partial charge is 0.382 e. The molecule has 5 nitrogen and oxygen atoms in total. The van der Waals surface area contributed by atoms with Crippen molar-refractivity contribution in [3.05, 3.63) is 29.3 Å². The largest absolute Gasteiger partial charge is 0.416 e. The maximum atomic E-state index is 12.7. The van der Waals surface area contributed by atoms with Gasteiger partial charge in [-0.25, -0.2) is 0 Å². The van der Waals surface area contributed by atoms with Crippen molar-refractivity contribution in [1.29, 1.82) is 0 Å². The summed E-state index contributed by atoms with van der Waals surface area (Å²) in [6.07, 6.45) is -9.95. The first-order chi connectivity index (χ1) is 9.98. The third kappa shape index (κ3) is 3.18. The molecule has 0 amide bonds. The van der Waals surface area contributed by atoms with Gasteiger partial charge in [0, 0.05) is 5.56 Å². The van der Waals surface area contributed by atoms with Crippen LogP contribution >= 0.6 is 0 Å². The maximum absolute atomic E-state index is 12.7. The molecular weight excluding hydrogens is 316 g/mol. The van der Waals surface area contributed by atoms with E-state index in [4.69, 9.17) is 11.5 Å². The average molecular weight is 323 g/mol. The van der Waals surface area contributed by atoms with Gasteiger partial charge in [-0.15, -0.1) is 10.2 Å². The van der Waals surface area contributed by atoms with Crippen molar-refractivity contribution in [2.45, 2.75) is 12.4 Å². The molecule has 0 atom stereocenters. The van der Waals surface area contributed by atoms with Gasteiger partial charge in [0.05, 0.1) is 11.1 Å². The lowest BCUT2D eigenvalue weighted by Crippen LogP contribution is -2.12. The van der Waals surface area contributed by atoms with Gasteiger partial charge in [0.15, 0.2) is 5.82 Å². The molecule has 1 aromatic heterocycles. The second-order valence-electron chi connectivity index (χ2n) is 4.20. The summed E-state index contributed by atoms with van der Waals surface area (Å²) in [5.41, 5.74) is 6.67. The van der Waals surface area contributed by atoms with E-state index in [9.17, 15) is 26.3 Å². The van der Waals surface area contributed by atoms with Gasteiger partial charge >= 0.3 is 12.4 Å². The van der Waals surface area contributed by atoms with Crippen LogP contribution in [0.4, 0.5) is 38.1 Å². The van der Waals surface area contributed by atoms with E-state index in [1.807, 2.05) is 0 Å². The average Bonchev–Trinajstić information content (AvgIpc) is 2.36. The normalized spacial score (nSPS) is 12.5. The zero-order chi connectivity index (χ0) is 16.7. The molecule has 0 aliphatic carbocycles. The van der Waals surface area contributed by atoms with Crippen molar-refractivity contribution in [2.75, 3.05) is 11.5 Å². The third-order valence-electron chi connectivity index (χ3n) is 2.59. The number of benzene rings is 1. The van der Waals surface area contributed by atoms with Crippen LogP contribution in [0.15, 0.2) is 18.2 Å². The molecule has 0 aliphatic heterocycles. The molecule has 0 bridgehead atoms. The van der Waals surface area contributed by atoms with E-state index in [2.05, 4.69) is 15.2 Å². The van der Waals surface area contributed by atoms with Crippen LogP contribution < -0.4 is 11.5 Å². The molecule has 0 aliphatic rings. The molecular formula is C11H7F6N5. The van der Waals surface area contributed by atoms with Crippen LogP contribution in [-0.2, 0) is 12.4 Å². The summed E-state index contributed by atoms with van der Waals surface area (Å²) in [6.45, 7) is 0. The molecule has 0 spiro atoms. The molecule has 4 N–H and O–H groups in total. The Hall–Kier alpha value is -2.59. The molecule has 2 aromatic rings. The van der Waals surface area contributed by atoms with E-state index >= 15 is 0 Å². The first kappa shape index (κ1) is 15.8. The number of rotatable bonds is 1. The van der Waals surface area contributed by atoms with Crippen molar-refractivity contribution in [1.82, 2.24) is 15.2 Å². The van der Waals surface area contributed by atoms with E-state index in [-0.39, 0.29) is 12.0 Å². The van der Waals surface area contributed by atoms with Crippen molar-refractivity contribution < 1.29 is 26.3 Å². The first-order valence-corrected chi connectivity index (χ1v) is 5.54. The Morgan fingerprint density at radius 3 is 1.68 bits per heavy atom. The molecule has 2 rings (SSSR count). The predicted molar refractivity (Wildman–Crippen MR) is 64.1 cm³/mol. The second-order valence-corrected chi connectivity index (χ2v) is 4.20. The highest BCUT2D eigenvalue weighted by molar-refractivity contribution is 5.71. The topological polar surface area (TPSA) is 90.7 Å². The van der Waals surface area contributed by atoms with Crippen LogP contribution in [0.2, 0.25) is 0 Å². The van der Waals surface area contributed by atoms with Crippen LogP contribution in [0.5, 0.6) is 0 Å². The summed E-state index contributed by atoms with van der Waals surface area (Å²) in [7, 11) is 0. The number of halogens is 6. The van der Waals surface area contributed by atoms with Gasteiger partial charge in [0.1, 0.15) is 5.69 Å². The van der Waals surface area contributed by atoms with Crippen molar-refractivity contribution >= 4 is 11.8 Å². The van der Waals surface area contributed by atoms with E-state index in [1.54, 1.807) is 0 Å². The van der Waals surface area contributed by atoms with Crippen LogP contribution in [0.1, 0.15) is 11.1 Å². The summed E-state index contributed by atoms with van der Waals surface area (Å²) in [6, 6.07) is 0.957. The quantitative estimate of drug-likeness (QED) is 0.788. The van der Waals surface area contributed by atoms with Gasteiger partial charge in [-0.1, -0.05) is 0 Å². The van der Waals surface area contributed by atoms with E-state index in [0.29, 0.717) is 12.1 Å². The number of alkyl halides is 6. The minimum Gasteiger partial charge on any atom is -0.382 e. The Labute approximate surface area is 119 Å². The molecule has 22 heavy (non-hydrogen) atoms. The minimum absolute atomic E-state index is 0.00213. The number of aromatic nitrogens is 3. The highest BCUT2D eigenvalue weighted by Crippen LogP contribution is 2.38. The Morgan fingerprint density at radius 1 is 0.773 bits per heavy atom. The van der Waals surface area contributed by atoms with Gasteiger partial charge in [0.2, 0.25) is 5.95 Å². The van der Waals surface area contributed by atoms with E-state index in [0.717, 1.165) is 0 Å². The van der Waals surface area contributed by atoms with Gasteiger partial charge in [-0.05, 0) is 18.2 Å². The molecule has 0 unspecified atom stereocenters. The molecule has 118 valence electrons. The zero-order valence-corrected chi connectivity index (χ0v) is 10.5. The summed E-state index contributed by atoms with van der Waals surface area (Å²) in [5, 5.41) is 6.67. The highest BCUT2D eigenvalue weighted by atomic mass is 19.4. The number of nitrogen functional groups attached to an aromatic ring is 2. The number of anilines is 2. The molecule has 0 fully saturated rings. The maximum Gasteiger partial charge on any atom is 0.416 e. The zero-order valence-electron chi connectivity index (χ0n) is 10.5. The van der Waals surface area contributed by atoms with Crippen LogP contribution in [0, 0.1) is 0 Å². The van der Waals surface area contributed by atoms with Gasteiger partial charge in [0.25, 0.3) is 0 Å². The second kappa shape index (κ2) is 5.00. The lowest BCUT2D eigenvalue weighted by molar-refractivity contribution is -0.143. The van der Waals surface area contributed by atoms with Crippen LogP contribution in [-0.4, -0.2) is 15.2 Å². The molecule has 0 saturated carbocycles. The number of nitrogens with zero attached hydrogens (tertiary/aromatic N) is 3. The van der Waals surface area contributed by atoms with E-state index < -0.39 is 40.6 Å². The van der Waals surface area contributed by atoms with Gasteiger partial charge < -0.3 is 11.5 Å². The van der Waals surface area contributed by atoms with Crippen molar-refractivity contribution in [3.8, 4) is 11.3 Å². The molecule has 0 radical (unpaired) electrons. The summed E-state index contributed by atoms with van der Waals surface area (Å²) < 4.78 is 76.5. The van der Waals surface area contributed by atoms with Crippen LogP contribution in [0.3, 0.4) is 0 Å². The fraction of sp³-hybridized carbons (Fsp3) is 0.182. The summed E-state index contributed by atoms with van der Waals surface area (Å²) in [5.74, 6) is -0.788. The fourth-order valence-corrected chi connectivity index (χ4v) is 1.65. The fourth-order valence-electron chi connectivity index (χ4n) is 1.65. The minimum atomic E-state index is -4.97. The standard InChI is InChI=1S/C11H7F6N5/c12-10(13,14)5-1-4(2-6(3-5)11(15,16)17)7-8(18)20-9(19)22-21-7/h1-3H,(H4,18,19,20,22). The molecule has 1 heterocycles. The van der Waals surface area contributed by atoms with Gasteiger partial charge in [-0.3, -0.25) is 0 Å². The lowest BCUT2D eigenvalue weighted by Gasteiger charge is -2.14. The molecule has 0 saturated heterocycles. The highest BCUT2D eigenvalue weighted by Gasteiger charge is 2.37. The van der Waals surface area contributed by atoms with Gasteiger partial charge in [-0.2, -0.15) is 31.3 Å². The summed E-state index contributed by atoms with van der Waals surface area (Å²) >= 11 is 0. The van der Waals surface area contributed by atoms with Crippen molar-refractivity contribution in [2.24, 2.45) is 0 Å². The monoisotopic (exact) mass is 323 g/mol. The van der Waals surface area contributed by atoms with Crippen LogP contribution in [0.25, 0.3) is 11.3 Å². The Morgan fingerprint density at radius 2 is 1.27 bits per heavy atom. The summed E-state index contributed by atoms with van der Waals surface area (Å²) in [4.78, 5) is 3.45. The molecule has 1 aromatic carbocycles. The first-order valence-electron chi connectivity index (χ1n) is 5.54. The lowest BCUT2D eigenvalue weighted by atomic mass is 10.0. The Kier molecular flexibility index (Phi) is 3.59.